The highest BCUT2D eigenvalue weighted by atomic mass is 35.5. The van der Waals surface area contributed by atoms with E-state index in [1.54, 1.807) is 30.3 Å². The lowest BCUT2D eigenvalue weighted by Crippen LogP contribution is -2.31. The van der Waals surface area contributed by atoms with Crippen molar-refractivity contribution in [2.45, 2.75) is 31.7 Å². The molecule has 2 amide bonds. The van der Waals surface area contributed by atoms with Gasteiger partial charge in [-0.15, -0.1) is 11.3 Å². The predicted octanol–water partition coefficient (Wildman–Crippen LogP) is 8.05. The summed E-state index contributed by atoms with van der Waals surface area (Å²) in [7, 11) is 0. The van der Waals surface area contributed by atoms with Crippen LogP contribution >= 0.6 is 34.5 Å². The van der Waals surface area contributed by atoms with Crippen LogP contribution in [0.5, 0.6) is 5.75 Å². The molecule has 1 saturated carbocycles. The van der Waals surface area contributed by atoms with E-state index in [0.29, 0.717) is 31.9 Å². The van der Waals surface area contributed by atoms with Gasteiger partial charge in [0.1, 0.15) is 5.75 Å². The van der Waals surface area contributed by atoms with Crippen molar-refractivity contribution in [2.24, 2.45) is 0 Å². The van der Waals surface area contributed by atoms with E-state index in [1.165, 1.54) is 22.1 Å². The number of rotatable bonds is 6. The molecule has 1 aliphatic carbocycles. The molecule has 0 aliphatic heterocycles. The number of carbonyl (C=O) groups is 2. The van der Waals surface area contributed by atoms with Gasteiger partial charge in [-0.1, -0.05) is 53.9 Å². The number of aromatic hydroxyl groups is 1. The zero-order chi connectivity index (χ0) is 27.8. The summed E-state index contributed by atoms with van der Waals surface area (Å²) in [6.07, 6.45) is 3.04. The Labute approximate surface area is 244 Å². The quantitative estimate of drug-likeness (QED) is 0.186. The number of halogens is 2. The van der Waals surface area contributed by atoms with Crippen LogP contribution in [0.25, 0.3) is 21.3 Å². The number of anilines is 1. The van der Waals surface area contributed by atoms with Gasteiger partial charge in [0.25, 0.3) is 5.91 Å². The van der Waals surface area contributed by atoms with E-state index < -0.39 is 0 Å². The second kappa shape index (κ2) is 11.0. The molecular formula is C30H24Cl2N4O3S. The number of fused-ring (bicyclic) bond motifs is 1. The van der Waals surface area contributed by atoms with Crippen LogP contribution in [-0.2, 0) is 6.54 Å². The number of carbonyl (C=O) groups excluding carboxylic acids is 2. The first kappa shape index (κ1) is 26.4. The smallest absolute Gasteiger partial charge is 0.342 e. The maximum atomic E-state index is 13.2. The molecular weight excluding hydrogens is 567 g/mol. The van der Waals surface area contributed by atoms with Gasteiger partial charge in [-0.2, -0.15) is 9.78 Å². The molecule has 0 unspecified atom stereocenters. The number of phenols is 1. The number of hydrogen-bond acceptors (Lipinski definition) is 5. The Kier molecular flexibility index (Phi) is 7.23. The lowest BCUT2D eigenvalue weighted by Gasteiger charge is -2.25. The van der Waals surface area contributed by atoms with E-state index in [0.717, 1.165) is 40.6 Å². The molecule has 0 spiro atoms. The first-order valence-electron chi connectivity index (χ1n) is 12.8. The van der Waals surface area contributed by atoms with Crippen LogP contribution in [0.1, 0.15) is 46.1 Å². The van der Waals surface area contributed by atoms with E-state index in [4.69, 9.17) is 23.2 Å². The molecule has 5 aromatic rings. The van der Waals surface area contributed by atoms with Gasteiger partial charge in [0.05, 0.1) is 26.3 Å². The second-order valence-corrected chi connectivity index (χ2v) is 11.6. The third-order valence-corrected chi connectivity index (χ3v) is 8.92. The Morgan fingerprint density at radius 3 is 2.55 bits per heavy atom. The number of nitrogens with one attached hydrogen (secondary N) is 2. The van der Waals surface area contributed by atoms with Gasteiger partial charge in [0.15, 0.2) is 0 Å². The molecule has 1 fully saturated rings. The van der Waals surface area contributed by atoms with Crippen LogP contribution in [0.2, 0.25) is 10.0 Å². The van der Waals surface area contributed by atoms with Crippen LogP contribution in [0.4, 0.5) is 10.5 Å². The van der Waals surface area contributed by atoms with Crippen LogP contribution in [-0.4, -0.2) is 26.8 Å². The molecule has 6 rings (SSSR count). The molecule has 10 heteroatoms. The fourth-order valence-corrected chi connectivity index (χ4v) is 5.98. The zero-order valence-electron chi connectivity index (χ0n) is 21.2. The van der Waals surface area contributed by atoms with E-state index in [2.05, 4.69) is 15.7 Å². The van der Waals surface area contributed by atoms with Crippen LogP contribution in [0.15, 0.2) is 72.8 Å². The number of aromatic nitrogens is 2. The summed E-state index contributed by atoms with van der Waals surface area (Å²) in [4.78, 5) is 26.6. The van der Waals surface area contributed by atoms with Gasteiger partial charge in [-0.25, -0.2) is 4.79 Å². The Balaban J connectivity index is 1.21. The zero-order valence-corrected chi connectivity index (χ0v) is 23.5. The van der Waals surface area contributed by atoms with Crippen molar-refractivity contribution in [3.8, 4) is 17.0 Å². The first-order valence-corrected chi connectivity index (χ1v) is 14.4. The van der Waals surface area contributed by atoms with Gasteiger partial charge < -0.3 is 15.7 Å². The lowest BCUT2D eigenvalue weighted by molar-refractivity contribution is 0.103. The topological polar surface area (TPSA) is 96.3 Å². The number of benzene rings is 3. The van der Waals surface area contributed by atoms with Crippen molar-refractivity contribution in [1.29, 1.82) is 0 Å². The van der Waals surface area contributed by atoms with Crippen molar-refractivity contribution in [1.82, 2.24) is 15.1 Å². The van der Waals surface area contributed by atoms with Gasteiger partial charge in [0, 0.05) is 34.5 Å². The van der Waals surface area contributed by atoms with E-state index >= 15 is 0 Å². The normalized spacial score (nSPS) is 13.2. The molecule has 0 radical (unpaired) electrons. The lowest BCUT2D eigenvalue weighted by atomic mass is 9.82. The minimum absolute atomic E-state index is 0.0461. The number of hydrogen-bond donors (Lipinski definition) is 3. The molecule has 0 atom stereocenters. The monoisotopic (exact) mass is 590 g/mol. The molecule has 1 aliphatic rings. The Bertz CT molecular complexity index is 1730. The summed E-state index contributed by atoms with van der Waals surface area (Å²) in [5.74, 6) is -0.0716. The molecule has 40 heavy (non-hydrogen) atoms. The van der Waals surface area contributed by atoms with Gasteiger partial charge in [0.2, 0.25) is 0 Å². The summed E-state index contributed by atoms with van der Waals surface area (Å²) in [6, 6.07) is 21.3. The van der Waals surface area contributed by atoms with E-state index in [1.807, 2.05) is 36.4 Å². The molecule has 3 N–H and O–H groups in total. The summed E-state index contributed by atoms with van der Waals surface area (Å²) >= 11 is 13.5. The number of amides is 2. The van der Waals surface area contributed by atoms with Gasteiger partial charge >= 0.3 is 6.03 Å². The second-order valence-electron chi connectivity index (χ2n) is 9.74. The fraction of sp³-hybridized carbons (Fsp3) is 0.167. The third kappa shape index (κ3) is 5.30. The summed E-state index contributed by atoms with van der Waals surface area (Å²) in [5.41, 5.74) is 3.02. The molecule has 0 saturated heterocycles. The van der Waals surface area contributed by atoms with Crippen molar-refractivity contribution < 1.29 is 14.7 Å². The fourth-order valence-electron chi connectivity index (χ4n) is 4.70. The van der Waals surface area contributed by atoms with Crippen LogP contribution < -0.4 is 10.6 Å². The van der Waals surface area contributed by atoms with Crippen molar-refractivity contribution in [3.63, 3.8) is 0 Å². The van der Waals surface area contributed by atoms with E-state index in [9.17, 15) is 14.7 Å². The average Bonchev–Trinajstić information content (AvgIpc) is 3.53. The Hall–Kier alpha value is -3.85. The number of phenolic OH excluding ortho intramolecular Hbond substituents is 1. The Morgan fingerprint density at radius 2 is 1.82 bits per heavy atom. The Morgan fingerprint density at radius 1 is 1.00 bits per heavy atom. The minimum Gasteiger partial charge on any atom is -0.507 e. The van der Waals surface area contributed by atoms with Gasteiger partial charge in [-0.05, 0) is 66.3 Å². The molecule has 202 valence electrons. The molecule has 2 aromatic heterocycles. The summed E-state index contributed by atoms with van der Waals surface area (Å²) in [5, 5.41) is 23.1. The maximum absolute atomic E-state index is 13.2. The van der Waals surface area contributed by atoms with Crippen LogP contribution in [0, 0.1) is 0 Å². The molecule has 3 aromatic carbocycles. The maximum Gasteiger partial charge on any atom is 0.342 e. The third-order valence-electron chi connectivity index (χ3n) is 7.06. The summed E-state index contributed by atoms with van der Waals surface area (Å²) in [6.45, 7) is 0.258. The highest BCUT2D eigenvalue weighted by Gasteiger charge is 2.27. The predicted molar refractivity (Wildman–Crippen MR) is 160 cm³/mol. The van der Waals surface area contributed by atoms with Crippen LogP contribution in [0.3, 0.4) is 0 Å². The van der Waals surface area contributed by atoms with Gasteiger partial charge in [-0.3, -0.25) is 4.79 Å². The highest BCUT2D eigenvalue weighted by molar-refractivity contribution is 7.20. The van der Waals surface area contributed by atoms with Crippen molar-refractivity contribution >= 4 is 62.3 Å². The SMILES string of the molecule is O=C(Nc1ccc(-c2cc(C3CCC3)n(C(=O)NCc3ccc(Cl)c(Cl)c3)n2)c(O)c1)c1cc2ccccc2s1. The molecule has 7 nitrogen and oxygen atoms in total. The standard InChI is InChI=1S/C30H24Cl2N4O3S/c31-22-11-8-17(12-23(22)32)16-33-30(39)36-25(18-5-3-6-18)15-24(35-36)21-10-9-20(14-26(21)37)34-29(38)28-13-19-4-1-2-7-27(19)40-28/h1-2,4,7-15,18,37H,3,5-6,16H2,(H,33,39)(H,34,38). The number of nitrogens with zero attached hydrogens (tertiary/aromatic N) is 2. The van der Waals surface area contributed by atoms with Crippen molar-refractivity contribution in [2.75, 3.05) is 5.32 Å². The first-order chi connectivity index (χ1) is 19.4. The van der Waals surface area contributed by atoms with Crippen molar-refractivity contribution in [3.05, 3.63) is 99.0 Å². The molecule has 2 heterocycles. The summed E-state index contributed by atoms with van der Waals surface area (Å²) < 4.78 is 2.41. The highest BCUT2D eigenvalue weighted by Crippen LogP contribution is 2.39. The minimum atomic E-state index is -0.370. The van der Waals surface area contributed by atoms with E-state index in [-0.39, 0.29) is 30.2 Å². The average molecular weight is 592 g/mol. The number of thiophene rings is 1. The largest absolute Gasteiger partial charge is 0.507 e. The molecule has 0 bridgehead atoms.